The van der Waals surface area contributed by atoms with Crippen LogP contribution in [0.2, 0.25) is 0 Å². The number of rotatable bonds is 2. The summed E-state index contributed by atoms with van der Waals surface area (Å²) < 4.78 is 0. The number of benzene rings is 1. The van der Waals surface area contributed by atoms with Crippen molar-refractivity contribution in [1.29, 1.82) is 0 Å². The summed E-state index contributed by atoms with van der Waals surface area (Å²) in [6.45, 7) is 6.14. The molecule has 1 aromatic rings. The molecule has 1 amide bonds. The van der Waals surface area contributed by atoms with Crippen molar-refractivity contribution in [1.82, 2.24) is 9.80 Å². The van der Waals surface area contributed by atoms with Crippen LogP contribution in [0.5, 0.6) is 0 Å². The number of hydrogen-bond donors (Lipinski definition) is 0. The molecule has 0 N–H and O–H groups in total. The van der Waals surface area contributed by atoms with Crippen LogP contribution in [-0.2, 0) is 4.79 Å². The average molecular weight is 230 g/mol. The summed E-state index contributed by atoms with van der Waals surface area (Å²) >= 11 is 0. The lowest BCUT2D eigenvalue weighted by Crippen LogP contribution is -2.48. The van der Waals surface area contributed by atoms with Crippen molar-refractivity contribution in [2.75, 3.05) is 26.7 Å². The van der Waals surface area contributed by atoms with Gasteiger partial charge in [-0.15, -0.1) is 0 Å². The molecule has 0 unspecified atom stereocenters. The Hall–Kier alpha value is -1.61. The third-order valence-corrected chi connectivity index (χ3v) is 3.23. The van der Waals surface area contributed by atoms with Gasteiger partial charge in [-0.05, 0) is 18.7 Å². The second kappa shape index (κ2) is 5.15. The van der Waals surface area contributed by atoms with Gasteiger partial charge in [-0.2, -0.15) is 0 Å². The molecule has 2 rings (SSSR count). The van der Waals surface area contributed by atoms with Crippen LogP contribution >= 0.6 is 0 Å². The largest absolute Gasteiger partial charge is 0.330 e. The molecule has 1 aliphatic heterocycles. The molecule has 1 heterocycles. The predicted octanol–water partition coefficient (Wildman–Crippen LogP) is 1.69. The third kappa shape index (κ3) is 2.56. The van der Waals surface area contributed by atoms with Crippen LogP contribution in [0.3, 0.4) is 0 Å². The number of nitrogens with zero attached hydrogens (tertiary/aromatic N) is 2. The molecule has 3 heteroatoms. The Kier molecular flexibility index (Phi) is 3.59. The van der Waals surface area contributed by atoms with Crippen molar-refractivity contribution < 1.29 is 4.79 Å². The fourth-order valence-electron chi connectivity index (χ4n) is 2.26. The van der Waals surface area contributed by atoms with Crippen LogP contribution in [0.1, 0.15) is 11.6 Å². The van der Waals surface area contributed by atoms with Gasteiger partial charge in [-0.25, -0.2) is 0 Å². The minimum absolute atomic E-state index is 0.0203. The molecule has 1 aromatic carbocycles. The summed E-state index contributed by atoms with van der Waals surface area (Å²) in [5.41, 5.74) is 1.19. The van der Waals surface area contributed by atoms with Crippen molar-refractivity contribution in [3.63, 3.8) is 0 Å². The molecular weight excluding hydrogens is 212 g/mol. The van der Waals surface area contributed by atoms with E-state index in [1.165, 1.54) is 11.6 Å². The highest BCUT2D eigenvalue weighted by Gasteiger charge is 2.28. The lowest BCUT2D eigenvalue weighted by Gasteiger charge is -2.39. The average Bonchev–Trinajstić information content (AvgIpc) is 2.39. The molecule has 1 fully saturated rings. The molecule has 0 bridgehead atoms. The van der Waals surface area contributed by atoms with E-state index in [1.807, 2.05) is 23.1 Å². The van der Waals surface area contributed by atoms with Gasteiger partial charge in [0.15, 0.2) is 0 Å². The van der Waals surface area contributed by atoms with E-state index >= 15 is 0 Å². The van der Waals surface area contributed by atoms with Crippen molar-refractivity contribution >= 4 is 5.91 Å². The summed E-state index contributed by atoms with van der Waals surface area (Å²) in [7, 11) is 2.09. The summed E-state index contributed by atoms with van der Waals surface area (Å²) in [5.74, 6) is 0.0203. The Labute approximate surface area is 102 Å². The topological polar surface area (TPSA) is 23.6 Å². The molecule has 0 aliphatic carbocycles. The number of likely N-dealkylation sites (N-methyl/N-ethyl adjacent to an activating group) is 1. The summed E-state index contributed by atoms with van der Waals surface area (Å²) in [4.78, 5) is 16.0. The zero-order valence-corrected chi connectivity index (χ0v) is 10.2. The summed E-state index contributed by atoms with van der Waals surface area (Å²) in [6.07, 6.45) is 1.40. The van der Waals surface area contributed by atoms with Crippen LogP contribution in [0.15, 0.2) is 43.0 Å². The lowest BCUT2D eigenvalue weighted by atomic mass is 10.0. The number of hydrogen-bond acceptors (Lipinski definition) is 2. The Morgan fingerprint density at radius 3 is 2.71 bits per heavy atom. The van der Waals surface area contributed by atoms with Crippen LogP contribution < -0.4 is 0 Å². The van der Waals surface area contributed by atoms with Crippen molar-refractivity contribution in [3.05, 3.63) is 48.6 Å². The molecular formula is C14H18N2O. The summed E-state index contributed by atoms with van der Waals surface area (Å²) in [5, 5.41) is 0. The number of carbonyl (C=O) groups is 1. The lowest BCUT2D eigenvalue weighted by molar-refractivity contribution is -0.130. The van der Waals surface area contributed by atoms with Gasteiger partial charge in [0.2, 0.25) is 5.91 Å². The Morgan fingerprint density at radius 1 is 1.35 bits per heavy atom. The Morgan fingerprint density at radius 2 is 2.06 bits per heavy atom. The van der Waals surface area contributed by atoms with Gasteiger partial charge in [0.25, 0.3) is 0 Å². The van der Waals surface area contributed by atoms with Gasteiger partial charge < -0.3 is 9.80 Å². The molecule has 90 valence electrons. The first-order chi connectivity index (χ1) is 8.22. The molecule has 1 atom stereocenters. The van der Waals surface area contributed by atoms with Crippen LogP contribution in [0, 0.1) is 0 Å². The summed E-state index contributed by atoms with van der Waals surface area (Å²) in [6, 6.07) is 10.3. The quantitative estimate of drug-likeness (QED) is 0.722. The molecule has 0 saturated carbocycles. The maximum Gasteiger partial charge on any atom is 0.246 e. The zero-order valence-electron chi connectivity index (χ0n) is 10.2. The normalized spacial score (nSPS) is 21.2. The van der Waals surface area contributed by atoms with E-state index in [0.717, 1.165) is 19.6 Å². The molecule has 3 nitrogen and oxygen atoms in total. The zero-order chi connectivity index (χ0) is 12.3. The molecule has 17 heavy (non-hydrogen) atoms. The van der Waals surface area contributed by atoms with E-state index in [1.54, 1.807) is 0 Å². The van der Waals surface area contributed by atoms with Crippen LogP contribution in [0.4, 0.5) is 0 Å². The number of amides is 1. The SMILES string of the molecule is C=CC(=O)N1CCN(C)C[C@@H]1c1ccccc1. The van der Waals surface area contributed by atoms with E-state index in [0.29, 0.717) is 0 Å². The second-order valence-electron chi connectivity index (χ2n) is 4.42. The first-order valence-corrected chi connectivity index (χ1v) is 5.89. The smallest absolute Gasteiger partial charge is 0.246 e. The van der Waals surface area contributed by atoms with E-state index in [-0.39, 0.29) is 11.9 Å². The Balaban J connectivity index is 2.26. The maximum absolute atomic E-state index is 11.8. The molecule has 0 aromatic heterocycles. The van der Waals surface area contributed by atoms with Crippen molar-refractivity contribution in [3.8, 4) is 0 Å². The van der Waals surface area contributed by atoms with Crippen LogP contribution in [-0.4, -0.2) is 42.4 Å². The maximum atomic E-state index is 11.8. The van der Waals surface area contributed by atoms with Crippen molar-refractivity contribution in [2.45, 2.75) is 6.04 Å². The highest BCUT2D eigenvalue weighted by atomic mass is 16.2. The highest BCUT2D eigenvalue weighted by Crippen LogP contribution is 2.24. The van der Waals surface area contributed by atoms with E-state index in [9.17, 15) is 4.79 Å². The second-order valence-corrected chi connectivity index (χ2v) is 4.42. The van der Waals surface area contributed by atoms with E-state index in [2.05, 4.69) is 30.7 Å². The number of carbonyl (C=O) groups excluding carboxylic acids is 1. The fourth-order valence-corrected chi connectivity index (χ4v) is 2.26. The minimum Gasteiger partial charge on any atom is -0.330 e. The van der Waals surface area contributed by atoms with E-state index < -0.39 is 0 Å². The standard InChI is InChI=1S/C14H18N2O/c1-3-14(17)16-10-9-15(2)11-13(16)12-7-5-4-6-8-12/h3-8,13H,1,9-11H2,2H3/t13-/m1/s1. The van der Waals surface area contributed by atoms with Crippen LogP contribution in [0.25, 0.3) is 0 Å². The first kappa shape index (κ1) is 11.9. The first-order valence-electron chi connectivity index (χ1n) is 5.89. The highest BCUT2D eigenvalue weighted by molar-refractivity contribution is 5.87. The van der Waals surface area contributed by atoms with Gasteiger partial charge in [0.1, 0.15) is 0 Å². The Bertz CT molecular complexity index is 402. The molecule has 1 aliphatic rings. The van der Waals surface area contributed by atoms with Gasteiger partial charge in [-0.1, -0.05) is 36.9 Å². The van der Waals surface area contributed by atoms with E-state index in [4.69, 9.17) is 0 Å². The third-order valence-electron chi connectivity index (χ3n) is 3.23. The van der Waals surface area contributed by atoms with Crippen molar-refractivity contribution in [2.24, 2.45) is 0 Å². The van der Waals surface area contributed by atoms with Gasteiger partial charge in [-0.3, -0.25) is 4.79 Å². The van der Waals surface area contributed by atoms with Gasteiger partial charge in [0.05, 0.1) is 6.04 Å². The molecule has 0 radical (unpaired) electrons. The van der Waals surface area contributed by atoms with Gasteiger partial charge in [0, 0.05) is 19.6 Å². The molecule has 0 spiro atoms. The monoisotopic (exact) mass is 230 g/mol. The predicted molar refractivity (Wildman–Crippen MR) is 68.6 cm³/mol. The minimum atomic E-state index is 0.0203. The number of piperazine rings is 1. The van der Waals surface area contributed by atoms with Gasteiger partial charge >= 0.3 is 0 Å². The molecule has 1 saturated heterocycles. The fraction of sp³-hybridized carbons (Fsp3) is 0.357.